The first-order valence-corrected chi connectivity index (χ1v) is 12.0. The number of benzene rings is 2. The summed E-state index contributed by atoms with van der Waals surface area (Å²) in [5.41, 5.74) is 0.642. The Morgan fingerprint density at radius 2 is 1.76 bits per heavy atom. The van der Waals surface area contributed by atoms with Gasteiger partial charge in [0, 0.05) is 35.7 Å². The standard InChI is InChI=1S/C20H22N2O5S2/c1-28-16-3-5-17(6-4-16)29(24,25)22-10-8-14(9-11-22)20(23)21-15-2-7-18-19(12-15)27-13-26-18/h2-7,12,14H,8-11,13H2,1H3,(H,21,23). The molecular weight excluding hydrogens is 412 g/mol. The van der Waals surface area contributed by atoms with E-state index >= 15 is 0 Å². The largest absolute Gasteiger partial charge is 0.454 e. The molecule has 1 amide bonds. The molecule has 1 N–H and O–H groups in total. The Bertz CT molecular complexity index is 1000. The van der Waals surface area contributed by atoms with E-state index in [0.29, 0.717) is 48.0 Å². The Balaban J connectivity index is 1.36. The number of carbonyl (C=O) groups is 1. The van der Waals surface area contributed by atoms with Gasteiger partial charge in [-0.25, -0.2) is 8.42 Å². The number of fused-ring (bicyclic) bond motifs is 1. The van der Waals surface area contributed by atoms with Crippen LogP contribution in [0.4, 0.5) is 5.69 Å². The summed E-state index contributed by atoms with van der Waals surface area (Å²) in [5, 5.41) is 2.89. The number of rotatable bonds is 5. The summed E-state index contributed by atoms with van der Waals surface area (Å²) >= 11 is 1.57. The van der Waals surface area contributed by atoms with E-state index in [-0.39, 0.29) is 18.6 Å². The molecule has 0 radical (unpaired) electrons. The van der Waals surface area contributed by atoms with Crippen LogP contribution in [0.5, 0.6) is 11.5 Å². The van der Waals surface area contributed by atoms with E-state index in [2.05, 4.69) is 5.32 Å². The molecule has 1 fully saturated rings. The van der Waals surface area contributed by atoms with Crippen LogP contribution in [-0.2, 0) is 14.8 Å². The van der Waals surface area contributed by atoms with Crippen LogP contribution in [0.3, 0.4) is 0 Å². The van der Waals surface area contributed by atoms with Crippen molar-refractivity contribution in [1.82, 2.24) is 4.31 Å². The van der Waals surface area contributed by atoms with Crippen molar-refractivity contribution >= 4 is 33.4 Å². The second-order valence-electron chi connectivity index (χ2n) is 6.91. The van der Waals surface area contributed by atoms with E-state index in [0.717, 1.165) is 4.90 Å². The van der Waals surface area contributed by atoms with Gasteiger partial charge in [-0.1, -0.05) is 0 Å². The van der Waals surface area contributed by atoms with Crippen LogP contribution in [0.25, 0.3) is 0 Å². The molecule has 0 unspecified atom stereocenters. The first kappa shape index (κ1) is 20.1. The molecule has 0 aromatic heterocycles. The van der Waals surface area contributed by atoms with Crippen molar-refractivity contribution in [1.29, 1.82) is 0 Å². The molecule has 0 aliphatic carbocycles. The van der Waals surface area contributed by atoms with Crippen molar-refractivity contribution in [2.45, 2.75) is 22.6 Å². The minimum absolute atomic E-state index is 0.106. The highest BCUT2D eigenvalue weighted by molar-refractivity contribution is 7.98. The zero-order chi connectivity index (χ0) is 20.4. The molecule has 9 heteroatoms. The van der Waals surface area contributed by atoms with Crippen LogP contribution in [0.2, 0.25) is 0 Å². The fraction of sp³-hybridized carbons (Fsp3) is 0.350. The lowest BCUT2D eigenvalue weighted by molar-refractivity contribution is -0.120. The van der Waals surface area contributed by atoms with Gasteiger partial charge in [0.15, 0.2) is 11.5 Å². The molecule has 0 spiro atoms. The van der Waals surface area contributed by atoms with Crippen LogP contribution in [0.15, 0.2) is 52.3 Å². The van der Waals surface area contributed by atoms with Gasteiger partial charge in [0.1, 0.15) is 0 Å². The monoisotopic (exact) mass is 434 g/mol. The fourth-order valence-electron chi connectivity index (χ4n) is 3.47. The number of ether oxygens (including phenoxy) is 2. The van der Waals surface area contributed by atoms with E-state index in [1.807, 2.05) is 18.4 Å². The third-order valence-corrected chi connectivity index (χ3v) is 7.82. The highest BCUT2D eigenvalue weighted by Gasteiger charge is 2.32. The lowest BCUT2D eigenvalue weighted by atomic mass is 9.97. The molecule has 4 rings (SSSR count). The third-order valence-electron chi connectivity index (χ3n) is 5.16. The topological polar surface area (TPSA) is 84.9 Å². The molecule has 29 heavy (non-hydrogen) atoms. The maximum Gasteiger partial charge on any atom is 0.243 e. The molecule has 7 nitrogen and oxygen atoms in total. The number of thioether (sulfide) groups is 1. The van der Waals surface area contributed by atoms with Crippen molar-refractivity contribution in [3.63, 3.8) is 0 Å². The Morgan fingerprint density at radius 1 is 1.07 bits per heavy atom. The summed E-state index contributed by atoms with van der Waals surface area (Å²) in [6, 6.07) is 12.2. The molecular formula is C20H22N2O5S2. The molecule has 2 aromatic rings. The predicted molar refractivity (Wildman–Crippen MR) is 111 cm³/mol. The zero-order valence-corrected chi connectivity index (χ0v) is 17.6. The number of hydrogen-bond donors (Lipinski definition) is 1. The highest BCUT2D eigenvalue weighted by atomic mass is 32.2. The molecule has 2 aliphatic rings. The number of anilines is 1. The molecule has 2 aliphatic heterocycles. The van der Waals surface area contributed by atoms with Crippen molar-refractivity contribution in [2.24, 2.45) is 5.92 Å². The van der Waals surface area contributed by atoms with Gasteiger partial charge in [0.25, 0.3) is 0 Å². The average Bonchev–Trinajstić information content (AvgIpc) is 3.22. The van der Waals surface area contributed by atoms with Gasteiger partial charge in [-0.15, -0.1) is 11.8 Å². The van der Waals surface area contributed by atoms with Crippen LogP contribution in [0.1, 0.15) is 12.8 Å². The van der Waals surface area contributed by atoms with E-state index < -0.39 is 10.0 Å². The van der Waals surface area contributed by atoms with Gasteiger partial charge in [-0.2, -0.15) is 4.31 Å². The molecule has 154 valence electrons. The third kappa shape index (κ3) is 4.22. The molecule has 1 saturated heterocycles. The van der Waals surface area contributed by atoms with E-state index in [9.17, 15) is 13.2 Å². The summed E-state index contributed by atoms with van der Waals surface area (Å²) in [6.07, 6.45) is 2.92. The maximum atomic E-state index is 12.9. The first-order chi connectivity index (χ1) is 14.0. The minimum atomic E-state index is -3.54. The zero-order valence-electron chi connectivity index (χ0n) is 16.0. The summed E-state index contributed by atoms with van der Waals surface area (Å²) in [4.78, 5) is 13.9. The molecule has 0 atom stereocenters. The molecule has 2 heterocycles. The summed E-state index contributed by atoms with van der Waals surface area (Å²) in [6.45, 7) is 0.831. The van der Waals surface area contributed by atoms with Gasteiger partial charge in [0.05, 0.1) is 4.90 Å². The quantitative estimate of drug-likeness (QED) is 0.728. The number of nitrogens with zero attached hydrogens (tertiary/aromatic N) is 1. The summed E-state index contributed by atoms with van der Waals surface area (Å²) < 4.78 is 37.8. The Kier molecular flexibility index (Phi) is 5.71. The predicted octanol–water partition coefficient (Wildman–Crippen LogP) is 3.18. The fourth-order valence-corrected chi connectivity index (χ4v) is 5.35. The average molecular weight is 435 g/mol. The van der Waals surface area contributed by atoms with Crippen molar-refractivity contribution < 1.29 is 22.7 Å². The Morgan fingerprint density at radius 3 is 2.45 bits per heavy atom. The number of carbonyl (C=O) groups excluding carboxylic acids is 1. The summed E-state index contributed by atoms with van der Waals surface area (Å²) in [7, 11) is -3.54. The van der Waals surface area contributed by atoms with Crippen LogP contribution in [-0.4, -0.2) is 44.8 Å². The Labute approximate surface area is 174 Å². The SMILES string of the molecule is CSc1ccc(S(=O)(=O)N2CCC(C(=O)Nc3ccc4c(c3)OCO4)CC2)cc1. The van der Waals surface area contributed by atoms with Crippen molar-refractivity contribution in [2.75, 3.05) is 31.5 Å². The lowest BCUT2D eigenvalue weighted by Gasteiger charge is -2.30. The van der Waals surface area contributed by atoms with Gasteiger partial charge in [-0.3, -0.25) is 4.79 Å². The second kappa shape index (κ2) is 8.25. The van der Waals surface area contributed by atoms with Gasteiger partial charge in [0.2, 0.25) is 22.7 Å². The molecule has 0 bridgehead atoms. The minimum Gasteiger partial charge on any atom is -0.454 e. The normalized spacial score (nSPS) is 17.3. The van der Waals surface area contributed by atoms with Gasteiger partial charge >= 0.3 is 0 Å². The van der Waals surface area contributed by atoms with E-state index in [1.54, 1.807) is 42.1 Å². The number of hydrogen-bond acceptors (Lipinski definition) is 6. The molecule has 0 saturated carbocycles. The van der Waals surface area contributed by atoms with Crippen LogP contribution >= 0.6 is 11.8 Å². The first-order valence-electron chi connectivity index (χ1n) is 9.32. The second-order valence-corrected chi connectivity index (χ2v) is 9.73. The van der Waals surface area contributed by atoms with Gasteiger partial charge < -0.3 is 14.8 Å². The number of sulfonamides is 1. The van der Waals surface area contributed by atoms with Crippen molar-refractivity contribution in [3.8, 4) is 11.5 Å². The van der Waals surface area contributed by atoms with E-state index in [1.165, 1.54) is 4.31 Å². The smallest absolute Gasteiger partial charge is 0.243 e. The summed E-state index contributed by atoms with van der Waals surface area (Å²) in [5.74, 6) is 0.930. The number of nitrogens with one attached hydrogen (secondary N) is 1. The number of piperidine rings is 1. The number of amides is 1. The van der Waals surface area contributed by atoms with E-state index in [4.69, 9.17) is 9.47 Å². The Hall–Kier alpha value is -2.23. The maximum absolute atomic E-state index is 12.9. The van der Waals surface area contributed by atoms with Crippen LogP contribution < -0.4 is 14.8 Å². The van der Waals surface area contributed by atoms with Gasteiger partial charge in [-0.05, 0) is 55.5 Å². The van der Waals surface area contributed by atoms with Crippen LogP contribution in [0, 0.1) is 5.92 Å². The molecule has 2 aromatic carbocycles. The lowest BCUT2D eigenvalue weighted by Crippen LogP contribution is -2.41. The van der Waals surface area contributed by atoms with Crippen molar-refractivity contribution in [3.05, 3.63) is 42.5 Å². The highest BCUT2D eigenvalue weighted by Crippen LogP contribution is 2.34.